The molecule has 1 aliphatic rings. The first-order valence-electron chi connectivity index (χ1n) is 13.5. The summed E-state index contributed by atoms with van der Waals surface area (Å²) in [5.74, 6) is -0.256. The molecule has 0 amide bonds. The van der Waals surface area contributed by atoms with Crippen molar-refractivity contribution in [3.05, 3.63) is 64.2 Å². The Bertz CT molecular complexity index is 1060. The van der Waals surface area contributed by atoms with Crippen LogP contribution in [0.1, 0.15) is 138 Å². The molecule has 0 radical (unpaired) electrons. The van der Waals surface area contributed by atoms with E-state index in [0.29, 0.717) is 11.3 Å². The number of carbonyl (C=O) groups is 2. The molecule has 0 fully saturated rings. The summed E-state index contributed by atoms with van der Waals surface area (Å²) in [5, 5.41) is 0. The van der Waals surface area contributed by atoms with Gasteiger partial charge in [-0.25, -0.2) is 0 Å². The van der Waals surface area contributed by atoms with Gasteiger partial charge >= 0.3 is 5.97 Å². The molecule has 35 heavy (non-hydrogen) atoms. The van der Waals surface area contributed by atoms with Gasteiger partial charge in [-0.1, -0.05) is 110 Å². The fourth-order valence-electron chi connectivity index (χ4n) is 5.34. The number of rotatable bonds is 12. The number of fused-ring (bicyclic) bond motifs is 1. The second-order valence-corrected chi connectivity index (χ2v) is 11.6. The molecule has 0 saturated heterocycles. The van der Waals surface area contributed by atoms with Gasteiger partial charge in [0.05, 0.1) is 0 Å². The van der Waals surface area contributed by atoms with Crippen LogP contribution in [-0.2, 0) is 15.6 Å². The SMILES string of the molecule is CCCCCC(C)(C)c1ccc2c(c1)C(c1cc(C(C)(C)CCCCC)ccc1C(C)=O)C(=O)O2. The van der Waals surface area contributed by atoms with E-state index >= 15 is 0 Å². The van der Waals surface area contributed by atoms with E-state index in [9.17, 15) is 9.59 Å². The zero-order valence-corrected chi connectivity index (χ0v) is 22.9. The molecule has 3 nitrogen and oxygen atoms in total. The van der Waals surface area contributed by atoms with Crippen molar-refractivity contribution in [1.29, 1.82) is 0 Å². The van der Waals surface area contributed by atoms with Crippen molar-refractivity contribution < 1.29 is 14.3 Å². The average Bonchev–Trinajstić information content (AvgIpc) is 3.13. The number of unbranched alkanes of at least 4 members (excludes halogenated alkanes) is 4. The van der Waals surface area contributed by atoms with Crippen molar-refractivity contribution in [3.63, 3.8) is 0 Å². The third-order valence-corrected chi connectivity index (χ3v) is 7.88. The third kappa shape index (κ3) is 6.05. The summed E-state index contributed by atoms with van der Waals surface area (Å²) >= 11 is 0. The molecule has 1 atom stereocenters. The summed E-state index contributed by atoms with van der Waals surface area (Å²) < 4.78 is 5.73. The fourth-order valence-corrected chi connectivity index (χ4v) is 5.34. The molecule has 0 spiro atoms. The Labute approximate surface area is 212 Å². The molecule has 0 saturated carbocycles. The first kappa shape index (κ1) is 27.2. The Kier molecular flexibility index (Phi) is 8.62. The highest BCUT2D eigenvalue weighted by Gasteiger charge is 2.38. The molecule has 1 unspecified atom stereocenters. The van der Waals surface area contributed by atoms with Crippen molar-refractivity contribution in [2.45, 2.75) is 117 Å². The topological polar surface area (TPSA) is 43.4 Å². The number of Topliss-reactive ketones (excluding diaryl/α,β-unsaturated/α-hetero) is 1. The van der Waals surface area contributed by atoms with Crippen LogP contribution in [0.25, 0.3) is 0 Å². The maximum atomic E-state index is 13.2. The van der Waals surface area contributed by atoms with E-state index in [0.717, 1.165) is 30.4 Å². The molecule has 0 N–H and O–H groups in total. The van der Waals surface area contributed by atoms with Crippen molar-refractivity contribution in [3.8, 4) is 5.75 Å². The van der Waals surface area contributed by atoms with Crippen LogP contribution in [-0.4, -0.2) is 11.8 Å². The zero-order valence-electron chi connectivity index (χ0n) is 22.9. The van der Waals surface area contributed by atoms with Crippen molar-refractivity contribution >= 4 is 11.8 Å². The van der Waals surface area contributed by atoms with Crippen molar-refractivity contribution in [2.75, 3.05) is 0 Å². The molecule has 0 aliphatic carbocycles. The predicted molar refractivity (Wildman–Crippen MR) is 145 cm³/mol. The molecule has 0 aromatic heterocycles. The lowest BCUT2D eigenvalue weighted by Crippen LogP contribution is -2.21. The van der Waals surface area contributed by atoms with Crippen molar-refractivity contribution in [2.24, 2.45) is 0 Å². The maximum Gasteiger partial charge on any atom is 0.323 e. The molecule has 1 aliphatic heterocycles. The Morgan fingerprint density at radius 2 is 1.31 bits per heavy atom. The molecule has 2 aromatic rings. The lowest BCUT2D eigenvalue weighted by atomic mass is 9.76. The molecule has 3 heteroatoms. The summed E-state index contributed by atoms with van der Waals surface area (Å²) in [5.41, 5.74) is 4.64. The van der Waals surface area contributed by atoms with Crippen LogP contribution in [0.5, 0.6) is 5.75 Å². The second-order valence-electron chi connectivity index (χ2n) is 11.6. The van der Waals surface area contributed by atoms with E-state index in [1.54, 1.807) is 6.92 Å². The van der Waals surface area contributed by atoms with E-state index in [1.165, 1.54) is 43.2 Å². The van der Waals surface area contributed by atoms with Gasteiger partial charge in [0, 0.05) is 11.1 Å². The molecule has 190 valence electrons. The number of carbonyl (C=O) groups excluding carboxylic acids is 2. The maximum absolute atomic E-state index is 13.2. The number of ether oxygens (including phenoxy) is 1. The minimum atomic E-state index is -0.568. The van der Waals surface area contributed by atoms with Crippen LogP contribution >= 0.6 is 0 Å². The standard InChI is InChI=1S/C32H44O3/c1-8-10-12-18-31(4,5)23-14-16-25(22(3)33)26(20-23)29-27-21-24(15-17-28(27)35-30(29)34)32(6,7)19-13-11-9-2/h14-17,20-21,29H,8-13,18-19H2,1-7H3. The average molecular weight is 477 g/mol. The highest BCUT2D eigenvalue weighted by molar-refractivity contribution is 5.99. The second kappa shape index (κ2) is 11.1. The number of hydrogen-bond acceptors (Lipinski definition) is 3. The van der Waals surface area contributed by atoms with Crippen molar-refractivity contribution in [1.82, 2.24) is 0 Å². The van der Waals surface area contributed by atoms with Gasteiger partial charge in [0.15, 0.2) is 5.78 Å². The first-order chi connectivity index (χ1) is 16.5. The van der Waals surface area contributed by atoms with Gasteiger partial charge in [0.25, 0.3) is 0 Å². The van der Waals surface area contributed by atoms with E-state index < -0.39 is 5.92 Å². The summed E-state index contributed by atoms with van der Waals surface area (Å²) in [7, 11) is 0. The fraction of sp³-hybridized carbons (Fsp3) is 0.562. The zero-order chi connectivity index (χ0) is 25.8. The lowest BCUT2D eigenvalue weighted by Gasteiger charge is -2.28. The third-order valence-electron chi connectivity index (χ3n) is 7.88. The molecular weight excluding hydrogens is 432 g/mol. The van der Waals surface area contributed by atoms with Crippen LogP contribution in [0, 0.1) is 0 Å². The van der Waals surface area contributed by atoms with E-state index in [4.69, 9.17) is 4.74 Å². The van der Waals surface area contributed by atoms with Crippen LogP contribution in [0.4, 0.5) is 0 Å². The molecule has 2 aromatic carbocycles. The quantitative estimate of drug-likeness (QED) is 0.133. The molecular formula is C32H44O3. The number of esters is 1. The van der Waals surface area contributed by atoms with Gasteiger partial charge in [0.1, 0.15) is 11.7 Å². The van der Waals surface area contributed by atoms with Gasteiger partial charge < -0.3 is 4.74 Å². The Hall–Kier alpha value is -2.42. The summed E-state index contributed by atoms with van der Waals surface area (Å²) in [6.07, 6.45) is 9.33. The van der Waals surface area contributed by atoms with Gasteiger partial charge in [-0.15, -0.1) is 0 Å². The number of ketones is 1. The monoisotopic (exact) mass is 476 g/mol. The summed E-state index contributed by atoms with van der Waals surface area (Å²) in [4.78, 5) is 25.9. The molecule has 3 rings (SSSR count). The normalized spacial score (nSPS) is 15.7. The Morgan fingerprint density at radius 3 is 1.83 bits per heavy atom. The summed E-state index contributed by atoms with van der Waals surface area (Å²) in [6, 6.07) is 12.3. The summed E-state index contributed by atoms with van der Waals surface area (Å²) in [6.45, 7) is 15.1. The Balaban J connectivity index is 2.05. The minimum Gasteiger partial charge on any atom is -0.425 e. The predicted octanol–water partition coefficient (Wildman–Crippen LogP) is 8.66. The largest absolute Gasteiger partial charge is 0.425 e. The number of hydrogen-bond donors (Lipinski definition) is 0. The first-order valence-corrected chi connectivity index (χ1v) is 13.5. The van der Waals surface area contributed by atoms with E-state index in [2.05, 4.69) is 65.8 Å². The van der Waals surface area contributed by atoms with Crippen LogP contribution < -0.4 is 4.74 Å². The van der Waals surface area contributed by atoms with Gasteiger partial charge in [-0.05, 0) is 53.4 Å². The smallest absolute Gasteiger partial charge is 0.323 e. The minimum absolute atomic E-state index is 0.00686. The van der Waals surface area contributed by atoms with Gasteiger partial charge in [0.2, 0.25) is 0 Å². The van der Waals surface area contributed by atoms with Crippen LogP contribution in [0.2, 0.25) is 0 Å². The van der Waals surface area contributed by atoms with Crippen LogP contribution in [0.15, 0.2) is 36.4 Å². The van der Waals surface area contributed by atoms with Crippen LogP contribution in [0.3, 0.4) is 0 Å². The van der Waals surface area contributed by atoms with Gasteiger partial charge in [-0.3, -0.25) is 9.59 Å². The lowest BCUT2D eigenvalue weighted by molar-refractivity contribution is -0.133. The van der Waals surface area contributed by atoms with E-state index in [-0.39, 0.29) is 22.6 Å². The molecule has 1 heterocycles. The number of benzene rings is 2. The highest BCUT2D eigenvalue weighted by Crippen LogP contribution is 2.44. The Morgan fingerprint density at radius 1 is 0.800 bits per heavy atom. The van der Waals surface area contributed by atoms with Gasteiger partial charge in [-0.2, -0.15) is 0 Å². The molecule has 0 bridgehead atoms. The highest BCUT2D eigenvalue weighted by atomic mass is 16.5. The van der Waals surface area contributed by atoms with E-state index in [1.807, 2.05) is 12.1 Å².